The second-order valence-corrected chi connectivity index (χ2v) is 8.37. The molecule has 1 N–H and O–H groups in total. The Morgan fingerprint density at radius 1 is 1.12 bits per heavy atom. The first-order valence-electron chi connectivity index (χ1n) is 10.7. The molecule has 2 aromatic heterocycles. The smallest absolute Gasteiger partial charge is 0.255 e. The minimum Gasteiger partial charge on any atom is -0.322 e. The van der Waals surface area contributed by atoms with Gasteiger partial charge in [-0.1, -0.05) is 30.3 Å². The molecule has 1 unspecified atom stereocenters. The van der Waals surface area contributed by atoms with Crippen LogP contribution in [-0.2, 0) is 13.6 Å². The van der Waals surface area contributed by atoms with Crippen LogP contribution in [0, 0.1) is 18.7 Å². The Hall–Kier alpha value is -4.07. The first kappa shape index (κ1) is 20.8. The SMILES string of the molecule is Cc1ccc(C2=CC(C)Cn3c2cnc3-c2cnnn2C)cc1C(=O)Nc1ccc(F)cc1. The number of anilines is 1. The van der Waals surface area contributed by atoms with Crippen LogP contribution < -0.4 is 5.32 Å². The van der Waals surface area contributed by atoms with Gasteiger partial charge in [0.1, 0.15) is 11.5 Å². The second kappa shape index (κ2) is 8.12. The third-order valence-electron chi connectivity index (χ3n) is 5.89. The highest BCUT2D eigenvalue weighted by molar-refractivity contribution is 6.06. The number of carbonyl (C=O) groups excluding carboxylic acids is 1. The molecule has 1 aliphatic rings. The van der Waals surface area contributed by atoms with E-state index >= 15 is 0 Å². The van der Waals surface area contributed by atoms with Crippen LogP contribution in [0.4, 0.5) is 10.1 Å². The van der Waals surface area contributed by atoms with E-state index in [4.69, 9.17) is 0 Å². The summed E-state index contributed by atoms with van der Waals surface area (Å²) in [5, 5.41) is 10.9. The van der Waals surface area contributed by atoms with Gasteiger partial charge < -0.3 is 9.88 Å². The van der Waals surface area contributed by atoms with Gasteiger partial charge in [-0.15, -0.1) is 5.10 Å². The summed E-state index contributed by atoms with van der Waals surface area (Å²) in [6, 6.07) is 11.6. The van der Waals surface area contributed by atoms with E-state index in [-0.39, 0.29) is 17.6 Å². The van der Waals surface area contributed by atoms with Crippen molar-refractivity contribution >= 4 is 17.2 Å². The number of halogens is 1. The maximum Gasteiger partial charge on any atom is 0.255 e. The van der Waals surface area contributed by atoms with Crippen molar-refractivity contribution in [1.29, 1.82) is 0 Å². The number of nitrogens with zero attached hydrogens (tertiary/aromatic N) is 5. The third kappa shape index (κ3) is 3.84. The van der Waals surface area contributed by atoms with E-state index in [9.17, 15) is 9.18 Å². The fraction of sp³-hybridized carbons (Fsp3) is 0.200. The monoisotopic (exact) mass is 442 g/mol. The molecule has 1 aliphatic heterocycles. The molecule has 0 spiro atoms. The molecule has 0 saturated carbocycles. The van der Waals surface area contributed by atoms with Crippen LogP contribution in [-0.4, -0.2) is 30.5 Å². The lowest BCUT2D eigenvalue weighted by Crippen LogP contribution is -2.17. The summed E-state index contributed by atoms with van der Waals surface area (Å²) in [5.41, 5.74) is 5.77. The van der Waals surface area contributed by atoms with E-state index in [1.165, 1.54) is 12.1 Å². The normalized spacial score (nSPS) is 15.2. The van der Waals surface area contributed by atoms with Gasteiger partial charge in [-0.2, -0.15) is 0 Å². The number of nitrogens with one attached hydrogen (secondary N) is 1. The first-order chi connectivity index (χ1) is 15.9. The van der Waals surface area contributed by atoms with Crippen molar-refractivity contribution in [3.63, 3.8) is 0 Å². The Morgan fingerprint density at radius 3 is 2.64 bits per heavy atom. The van der Waals surface area contributed by atoms with E-state index in [1.807, 2.05) is 38.4 Å². The topological polar surface area (TPSA) is 77.6 Å². The van der Waals surface area contributed by atoms with Crippen LogP contribution in [0.3, 0.4) is 0 Å². The fourth-order valence-corrected chi connectivity index (χ4v) is 4.19. The highest BCUT2D eigenvalue weighted by Crippen LogP contribution is 2.34. The van der Waals surface area contributed by atoms with Crippen LogP contribution in [0.5, 0.6) is 0 Å². The lowest BCUT2D eigenvalue weighted by atomic mass is 9.92. The Kier molecular flexibility index (Phi) is 5.12. The molecule has 2 aromatic carbocycles. The summed E-state index contributed by atoms with van der Waals surface area (Å²) >= 11 is 0. The van der Waals surface area contributed by atoms with Crippen molar-refractivity contribution in [3.8, 4) is 11.5 Å². The molecule has 1 amide bonds. The minimum absolute atomic E-state index is 0.236. The maximum absolute atomic E-state index is 13.2. The molecule has 7 nitrogen and oxygen atoms in total. The predicted molar refractivity (Wildman–Crippen MR) is 124 cm³/mol. The van der Waals surface area contributed by atoms with Crippen molar-refractivity contribution in [2.45, 2.75) is 20.4 Å². The molecule has 8 heteroatoms. The Morgan fingerprint density at radius 2 is 1.91 bits per heavy atom. The Bertz CT molecular complexity index is 1380. The van der Waals surface area contributed by atoms with Gasteiger partial charge in [-0.05, 0) is 54.3 Å². The number of rotatable bonds is 4. The van der Waals surface area contributed by atoms with Gasteiger partial charge in [0.25, 0.3) is 5.91 Å². The lowest BCUT2D eigenvalue weighted by molar-refractivity contribution is 0.102. The lowest BCUT2D eigenvalue weighted by Gasteiger charge is -2.23. The fourth-order valence-electron chi connectivity index (χ4n) is 4.19. The Labute approximate surface area is 190 Å². The predicted octanol–water partition coefficient (Wildman–Crippen LogP) is 4.46. The number of carbonyl (C=O) groups is 1. The summed E-state index contributed by atoms with van der Waals surface area (Å²) in [4.78, 5) is 17.7. The summed E-state index contributed by atoms with van der Waals surface area (Å²) < 4.78 is 17.1. The number of hydrogen-bond acceptors (Lipinski definition) is 4. The van der Waals surface area contributed by atoms with Crippen LogP contribution >= 0.6 is 0 Å². The average Bonchev–Trinajstić information content (AvgIpc) is 3.40. The van der Waals surface area contributed by atoms with Crippen molar-refractivity contribution < 1.29 is 9.18 Å². The molecule has 33 heavy (non-hydrogen) atoms. The van der Waals surface area contributed by atoms with E-state index in [1.54, 1.807) is 23.0 Å². The van der Waals surface area contributed by atoms with Gasteiger partial charge in [-0.25, -0.2) is 14.1 Å². The largest absolute Gasteiger partial charge is 0.322 e. The number of imidazole rings is 1. The van der Waals surface area contributed by atoms with Gasteiger partial charge in [0.15, 0.2) is 5.82 Å². The van der Waals surface area contributed by atoms with E-state index < -0.39 is 0 Å². The van der Waals surface area contributed by atoms with Crippen molar-refractivity contribution in [1.82, 2.24) is 24.5 Å². The number of benzene rings is 2. The highest BCUT2D eigenvalue weighted by Gasteiger charge is 2.24. The maximum atomic E-state index is 13.2. The first-order valence-corrected chi connectivity index (χ1v) is 10.7. The zero-order chi connectivity index (χ0) is 23.1. The summed E-state index contributed by atoms with van der Waals surface area (Å²) in [6.07, 6.45) is 5.79. The summed E-state index contributed by atoms with van der Waals surface area (Å²) in [7, 11) is 1.85. The summed E-state index contributed by atoms with van der Waals surface area (Å²) in [5.74, 6) is 0.513. The molecule has 4 aromatic rings. The van der Waals surface area contributed by atoms with Gasteiger partial charge in [0.2, 0.25) is 0 Å². The van der Waals surface area contributed by atoms with Crippen LogP contribution in [0.2, 0.25) is 0 Å². The molecule has 1 atom stereocenters. The number of amides is 1. The number of aryl methyl sites for hydroxylation is 2. The van der Waals surface area contributed by atoms with E-state index in [2.05, 4.69) is 38.2 Å². The molecule has 166 valence electrons. The third-order valence-corrected chi connectivity index (χ3v) is 5.89. The molecule has 0 aliphatic carbocycles. The van der Waals surface area contributed by atoms with Gasteiger partial charge >= 0.3 is 0 Å². The minimum atomic E-state index is -0.345. The molecule has 3 heterocycles. The van der Waals surface area contributed by atoms with Crippen molar-refractivity contribution in [2.75, 3.05) is 5.32 Å². The second-order valence-electron chi connectivity index (χ2n) is 8.37. The molecule has 5 rings (SSSR count). The molecule has 0 saturated heterocycles. The number of allylic oxidation sites excluding steroid dienone is 1. The zero-order valence-electron chi connectivity index (χ0n) is 18.6. The van der Waals surface area contributed by atoms with Gasteiger partial charge in [-0.3, -0.25) is 4.79 Å². The van der Waals surface area contributed by atoms with Crippen molar-refractivity contribution in [2.24, 2.45) is 13.0 Å². The van der Waals surface area contributed by atoms with Crippen LogP contribution in [0.25, 0.3) is 17.1 Å². The van der Waals surface area contributed by atoms with Crippen LogP contribution in [0.15, 0.2) is 60.9 Å². The summed E-state index contributed by atoms with van der Waals surface area (Å²) in [6.45, 7) is 4.85. The van der Waals surface area contributed by atoms with Gasteiger partial charge in [0.05, 0.1) is 18.1 Å². The molecular formula is C25H23FN6O. The van der Waals surface area contributed by atoms with Gasteiger partial charge in [0, 0.05) is 30.4 Å². The van der Waals surface area contributed by atoms with E-state index in [0.29, 0.717) is 11.3 Å². The average molecular weight is 442 g/mol. The molecule has 0 bridgehead atoms. The quantitative estimate of drug-likeness (QED) is 0.506. The highest BCUT2D eigenvalue weighted by atomic mass is 19.1. The van der Waals surface area contributed by atoms with Crippen LogP contribution in [0.1, 0.15) is 34.1 Å². The molecule has 0 radical (unpaired) electrons. The molecule has 0 fully saturated rings. The zero-order valence-corrected chi connectivity index (χ0v) is 18.6. The number of aromatic nitrogens is 5. The van der Waals surface area contributed by atoms with E-state index in [0.717, 1.165) is 40.5 Å². The Balaban J connectivity index is 1.51. The number of fused-ring (bicyclic) bond motifs is 1. The standard InChI is InChI=1S/C25H23FN6O/c1-15-10-21(22-12-27-24(32(22)14-15)23-13-28-30-31(23)3)17-5-4-16(2)20(11-17)25(33)29-19-8-6-18(26)7-9-19/h4-13,15H,14H2,1-3H3,(H,29,33). The molecular weight excluding hydrogens is 419 g/mol. The number of hydrogen-bond donors (Lipinski definition) is 1. The van der Waals surface area contributed by atoms with Crippen molar-refractivity contribution in [3.05, 3.63) is 89.1 Å².